The molecular formula is C22H25N5O. The molecule has 1 amide bonds. The van der Waals surface area contributed by atoms with E-state index in [0.29, 0.717) is 12.1 Å². The number of fused-ring (bicyclic) bond motifs is 1. The molecule has 0 radical (unpaired) electrons. The summed E-state index contributed by atoms with van der Waals surface area (Å²) in [5.74, 6) is 0.832. The normalized spacial score (nSPS) is 19.5. The zero-order valence-electron chi connectivity index (χ0n) is 16.0. The summed E-state index contributed by atoms with van der Waals surface area (Å²) in [6, 6.07) is 14.3. The largest absolute Gasteiger partial charge is 0.353 e. The Balaban J connectivity index is 1.31. The summed E-state index contributed by atoms with van der Waals surface area (Å²) in [6.45, 7) is 3.53. The lowest BCUT2D eigenvalue weighted by Crippen LogP contribution is -2.50. The number of nitrogens with zero attached hydrogens (tertiary/aromatic N) is 4. The third-order valence-corrected chi connectivity index (χ3v) is 5.65. The second kappa shape index (κ2) is 8.41. The molecule has 144 valence electrons. The van der Waals surface area contributed by atoms with E-state index in [1.54, 1.807) is 18.3 Å². The third-order valence-electron chi connectivity index (χ3n) is 5.65. The average Bonchev–Trinajstić information content (AvgIpc) is 2.74. The molecule has 6 heteroatoms. The van der Waals surface area contributed by atoms with Gasteiger partial charge in [-0.05, 0) is 42.5 Å². The molecule has 6 nitrogen and oxygen atoms in total. The first-order valence-corrected chi connectivity index (χ1v) is 9.94. The molecule has 1 saturated heterocycles. The number of carbonyl (C=O) groups is 1. The summed E-state index contributed by atoms with van der Waals surface area (Å²) >= 11 is 0. The maximum Gasteiger partial charge on any atom is 0.234 e. The number of nitriles is 1. The van der Waals surface area contributed by atoms with E-state index >= 15 is 0 Å². The first kappa shape index (κ1) is 18.5. The molecular weight excluding hydrogens is 350 g/mol. The summed E-state index contributed by atoms with van der Waals surface area (Å²) in [5.41, 5.74) is 3.23. The van der Waals surface area contributed by atoms with E-state index in [-0.39, 0.29) is 11.9 Å². The monoisotopic (exact) mass is 375 g/mol. The van der Waals surface area contributed by atoms with Crippen molar-refractivity contribution in [1.29, 1.82) is 5.26 Å². The van der Waals surface area contributed by atoms with Gasteiger partial charge in [0.15, 0.2) is 0 Å². The van der Waals surface area contributed by atoms with Gasteiger partial charge < -0.3 is 10.2 Å². The van der Waals surface area contributed by atoms with Crippen molar-refractivity contribution in [3.05, 3.63) is 59.3 Å². The first-order valence-electron chi connectivity index (χ1n) is 9.94. The van der Waals surface area contributed by atoms with E-state index in [0.717, 1.165) is 51.3 Å². The van der Waals surface area contributed by atoms with Crippen molar-refractivity contribution in [1.82, 2.24) is 15.2 Å². The number of pyridine rings is 1. The van der Waals surface area contributed by atoms with Crippen LogP contribution in [0.1, 0.15) is 35.6 Å². The SMILES string of the molecule is N#Cc1cccnc1N1CCN(CC(=O)NC2CCCc3ccccc32)CC1. The molecule has 0 spiro atoms. The van der Waals surface area contributed by atoms with Crippen molar-refractivity contribution in [2.45, 2.75) is 25.3 Å². The fourth-order valence-electron chi connectivity index (χ4n) is 4.20. The van der Waals surface area contributed by atoms with E-state index in [4.69, 9.17) is 0 Å². The van der Waals surface area contributed by atoms with Gasteiger partial charge in [0.05, 0.1) is 18.2 Å². The Kier molecular flexibility index (Phi) is 5.54. The summed E-state index contributed by atoms with van der Waals surface area (Å²) in [5, 5.41) is 12.5. The van der Waals surface area contributed by atoms with Crippen LogP contribution in [0.4, 0.5) is 5.82 Å². The molecule has 1 aromatic heterocycles. The van der Waals surface area contributed by atoms with Crippen LogP contribution in [0.2, 0.25) is 0 Å². The maximum absolute atomic E-state index is 12.6. The van der Waals surface area contributed by atoms with Gasteiger partial charge in [-0.25, -0.2) is 4.98 Å². The smallest absolute Gasteiger partial charge is 0.234 e. The Bertz CT molecular complexity index is 882. The van der Waals surface area contributed by atoms with Gasteiger partial charge in [0.1, 0.15) is 11.9 Å². The molecule has 1 atom stereocenters. The van der Waals surface area contributed by atoms with Gasteiger partial charge in [-0.15, -0.1) is 0 Å². The topological polar surface area (TPSA) is 72.3 Å². The van der Waals surface area contributed by atoms with Gasteiger partial charge in [-0.2, -0.15) is 5.26 Å². The minimum absolute atomic E-state index is 0.0886. The molecule has 2 aromatic rings. The number of carbonyl (C=O) groups excluding carboxylic acids is 1. The Morgan fingerprint density at radius 3 is 2.82 bits per heavy atom. The number of aromatic nitrogens is 1. The summed E-state index contributed by atoms with van der Waals surface area (Å²) in [7, 11) is 0. The van der Waals surface area contributed by atoms with Crippen LogP contribution < -0.4 is 10.2 Å². The molecule has 4 rings (SSSR count). The second-order valence-corrected chi connectivity index (χ2v) is 7.46. The predicted octanol–water partition coefficient (Wildman–Crippen LogP) is 2.27. The van der Waals surface area contributed by atoms with E-state index in [9.17, 15) is 10.1 Å². The molecule has 1 aromatic carbocycles. The Labute approximate surface area is 165 Å². The third kappa shape index (κ3) is 4.00. The van der Waals surface area contributed by atoms with Gasteiger partial charge >= 0.3 is 0 Å². The van der Waals surface area contributed by atoms with Gasteiger partial charge in [-0.1, -0.05) is 24.3 Å². The molecule has 1 unspecified atom stereocenters. The van der Waals surface area contributed by atoms with Crippen molar-refractivity contribution < 1.29 is 4.79 Å². The molecule has 1 fully saturated rings. The first-order chi connectivity index (χ1) is 13.7. The highest BCUT2D eigenvalue weighted by Crippen LogP contribution is 2.29. The summed E-state index contributed by atoms with van der Waals surface area (Å²) < 4.78 is 0. The van der Waals surface area contributed by atoms with Crippen LogP contribution in [-0.2, 0) is 11.2 Å². The molecule has 1 aliphatic heterocycles. The molecule has 2 aliphatic rings. The van der Waals surface area contributed by atoms with Crippen molar-refractivity contribution >= 4 is 11.7 Å². The number of piperazine rings is 1. The van der Waals surface area contributed by atoms with E-state index in [1.807, 2.05) is 0 Å². The quantitative estimate of drug-likeness (QED) is 0.888. The zero-order valence-corrected chi connectivity index (χ0v) is 16.0. The number of hydrogen-bond acceptors (Lipinski definition) is 5. The standard InChI is InChI=1S/C22H25N5O/c23-15-18-7-4-10-24-22(18)27-13-11-26(12-14-27)16-21(28)25-20-9-3-6-17-5-1-2-8-19(17)20/h1-2,4-5,7-8,10,20H,3,6,9,11-14,16H2,(H,25,28). The number of benzene rings is 1. The molecule has 0 saturated carbocycles. The van der Waals surface area contributed by atoms with Crippen molar-refractivity contribution in [2.24, 2.45) is 0 Å². The maximum atomic E-state index is 12.6. The van der Waals surface area contributed by atoms with Crippen LogP contribution in [0, 0.1) is 11.3 Å². The van der Waals surface area contributed by atoms with Crippen LogP contribution in [0.15, 0.2) is 42.6 Å². The molecule has 0 bridgehead atoms. The van der Waals surface area contributed by atoms with Gasteiger partial charge in [0.2, 0.25) is 5.91 Å². The lowest BCUT2D eigenvalue weighted by atomic mass is 9.88. The van der Waals surface area contributed by atoms with Gasteiger partial charge in [0.25, 0.3) is 0 Å². The van der Waals surface area contributed by atoms with Gasteiger partial charge in [0, 0.05) is 32.4 Å². The van der Waals surface area contributed by atoms with E-state index in [1.165, 1.54) is 11.1 Å². The number of hydrogen-bond donors (Lipinski definition) is 1. The number of amides is 1. The lowest BCUT2D eigenvalue weighted by molar-refractivity contribution is -0.123. The predicted molar refractivity (Wildman–Crippen MR) is 108 cm³/mol. The van der Waals surface area contributed by atoms with Crippen LogP contribution in [-0.4, -0.2) is 48.5 Å². The number of anilines is 1. The number of nitrogens with one attached hydrogen (secondary N) is 1. The van der Waals surface area contributed by atoms with Crippen molar-refractivity contribution in [2.75, 3.05) is 37.6 Å². The molecule has 1 N–H and O–H groups in total. The van der Waals surface area contributed by atoms with Crippen LogP contribution in [0.5, 0.6) is 0 Å². The van der Waals surface area contributed by atoms with Crippen molar-refractivity contribution in [3.63, 3.8) is 0 Å². The fraction of sp³-hybridized carbons (Fsp3) is 0.409. The Hall–Kier alpha value is -2.91. The lowest BCUT2D eigenvalue weighted by Gasteiger charge is -2.35. The molecule has 1 aliphatic carbocycles. The fourth-order valence-corrected chi connectivity index (χ4v) is 4.20. The highest BCUT2D eigenvalue weighted by Gasteiger charge is 2.24. The van der Waals surface area contributed by atoms with Crippen LogP contribution >= 0.6 is 0 Å². The minimum Gasteiger partial charge on any atom is -0.353 e. The van der Waals surface area contributed by atoms with Crippen LogP contribution in [0.3, 0.4) is 0 Å². The second-order valence-electron chi connectivity index (χ2n) is 7.46. The minimum atomic E-state index is 0.0886. The number of rotatable bonds is 4. The highest BCUT2D eigenvalue weighted by molar-refractivity contribution is 5.78. The average molecular weight is 375 g/mol. The molecule has 28 heavy (non-hydrogen) atoms. The Morgan fingerprint density at radius 2 is 2.00 bits per heavy atom. The zero-order chi connectivity index (χ0) is 19.3. The highest BCUT2D eigenvalue weighted by atomic mass is 16.2. The molecule has 2 heterocycles. The van der Waals surface area contributed by atoms with Crippen LogP contribution in [0.25, 0.3) is 0 Å². The summed E-state index contributed by atoms with van der Waals surface area (Å²) in [4.78, 5) is 21.3. The number of aryl methyl sites for hydroxylation is 1. The van der Waals surface area contributed by atoms with E-state index in [2.05, 4.69) is 50.4 Å². The van der Waals surface area contributed by atoms with Gasteiger partial charge in [-0.3, -0.25) is 9.69 Å². The van der Waals surface area contributed by atoms with Crippen molar-refractivity contribution in [3.8, 4) is 6.07 Å². The van der Waals surface area contributed by atoms with E-state index < -0.39 is 0 Å². The summed E-state index contributed by atoms with van der Waals surface area (Å²) in [6.07, 6.45) is 4.94. The Morgan fingerprint density at radius 1 is 1.18 bits per heavy atom.